The van der Waals surface area contributed by atoms with Gasteiger partial charge < -0.3 is 15.3 Å². The van der Waals surface area contributed by atoms with Crippen molar-refractivity contribution in [3.63, 3.8) is 0 Å². The zero-order valence-corrected chi connectivity index (χ0v) is 7.71. The molecule has 0 aromatic heterocycles. The van der Waals surface area contributed by atoms with Crippen molar-refractivity contribution in [3.05, 3.63) is 0 Å². The third-order valence-corrected chi connectivity index (χ3v) is 0.553. The Morgan fingerprint density at radius 2 is 1.08 bits per heavy atom. The number of carboxylic acid groups (broad SMARTS) is 3. The molecule has 3 N–H and O–H groups in total. The van der Waals surface area contributed by atoms with E-state index < -0.39 is 17.9 Å². The van der Waals surface area contributed by atoms with E-state index in [1.54, 1.807) is 0 Å². The van der Waals surface area contributed by atoms with Crippen LogP contribution in [0.25, 0.3) is 0 Å². The number of aliphatic carboxylic acids is 3. The average Bonchev–Trinajstić information content (AvgIpc) is 1.82. The molecule has 0 bridgehead atoms. The Morgan fingerprint density at radius 3 is 1.15 bits per heavy atom. The van der Waals surface area contributed by atoms with Crippen LogP contribution in [0.1, 0.15) is 19.8 Å². The highest BCUT2D eigenvalue weighted by atomic mass is 35.5. The van der Waals surface area contributed by atoms with Gasteiger partial charge in [-0.1, -0.05) is 0 Å². The predicted octanol–water partition coefficient (Wildman–Crippen LogP) is 0.448. The summed E-state index contributed by atoms with van der Waals surface area (Å²) in [7, 11) is 0. The summed E-state index contributed by atoms with van der Waals surface area (Å²) in [5.74, 6) is -2.99. The topological polar surface area (TPSA) is 112 Å². The number of carbonyl (C=O) groups is 3. The third kappa shape index (κ3) is 59.2. The van der Waals surface area contributed by atoms with Crippen molar-refractivity contribution in [1.82, 2.24) is 0 Å². The van der Waals surface area contributed by atoms with Crippen molar-refractivity contribution in [1.29, 1.82) is 0 Å². The van der Waals surface area contributed by atoms with E-state index in [1.807, 2.05) is 0 Å². The molecule has 0 heterocycles. The Morgan fingerprint density at radius 1 is 0.923 bits per heavy atom. The minimum Gasteiger partial charge on any atom is -0.481 e. The van der Waals surface area contributed by atoms with Gasteiger partial charge in [0.1, 0.15) is 0 Å². The predicted molar refractivity (Wildman–Crippen MR) is 45.1 cm³/mol. The number of hydrogen-bond donors (Lipinski definition) is 3. The Hall–Kier alpha value is -1.30. The molecule has 6 nitrogen and oxygen atoms in total. The zero-order chi connectivity index (χ0) is 10.1. The first-order valence-corrected chi connectivity index (χ1v) is 2.99. The van der Waals surface area contributed by atoms with Crippen LogP contribution < -0.4 is 0 Å². The summed E-state index contributed by atoms with van der Waals surface area (Å²) in [6.07, 6.45) is -0.593. The lowest BCUT2D eigenvalue weighted by Gasteiger charge is -1.85. The molecule has 0 unspecified atom stereocenters. The molecule has 0 saturated carbocycles. The van der Waals surface area contributed by atoms with Crippen molar-refractivity contribution in [2.75, 3.05) is 0 Å². The number of carboxylic acids is 3. The molecule has 78 valence electrons. The fraction of sp³-hybridized carbons (Fsp3) is 0.500. The van der Waals surface area contributed by atoms with E-state index in [-0.39, 0.29) is 25.2 Å². The third-order valence-electron chi connectivity index (χ3n) is 0.553. The smallest absolute Gasteiger partial charge is 0.303 e. The van der Waals surface area contributed by atoms with Crippen LogP contribution in [0.2, 0.25) is 0 Å². The van der Waals surface area contributed by atoms with Crippen LogP contribution in [0.4, 0.5) is 0 Å². The normalized spacial score (nSPS) is 7.15. The lowest BCUT2D eigenvalue weighted by molar-refractivity contribution is -0.143. The number of rotatable bonds is 3. The second-order valence-corrected chi connectivity index (χ2v) is 1.81. The van der Waals surface area contributed by atoms with Crippen molar-refractivity contribution in [3.8, 4) is 0 Å². The maximum atomic E-state index is 9.64. The molecule has 0 fully saturated rings. The molecule has 0 amide bonds. The van der Waals surface area contributed by atoms with Crippen LogP contribution in [-0.2, 0) is 14.4 Å². The molecule has 0 aromatic carbocycles. The summed E-state index contributed by atoms with van der Waals surface area (Å²) in [6.45, 7) is 1.08. The lowest BCUT2D eigenvalue weighted by Crippen LogP contribution is -2.00. The van der Waals surface area contributed by atoms with E-state index in [0.717, 1.165) is 6.92 Å². The quantitative estimate of drug-likeness (QED) is 0.629. The second-order valence-electron chi connectivity index (χ2n) is 1.81. The standard InChI is InChI=1S/C4H6O4.C2H4O2.ClH/c5-3(6)1-2-4(7)8;1-2(3)4;/h1-2H2,(H,5,6)(H,7,8);1H3,(H,3,4);1H. The average molecular weight is 215 g/mol. The highest BCUT2D eigenvalue weighted by molar-refractivity contribution is 5.85. The molecule has 0 radical (unpaired) electrons. The summed E-state index contributed by atoms with van der Waals surface area (Å²) in [6, 6.07) is 0. The molecule has 0 saturated heterocycles. The Bertz CT molecular complexity index is 160. The van der Waals surface area contributed by atoms with Crippen LogP contribution in [0.5, 0.6) is 0 Å². The van der Waals surface area contributed by atoms with Gasteiger partial charge in [-0.25, -0.2) is 0 Å². The van der Waals surface area contributed by atoms with E-state index in [9.17, 15) is 9.59 Å². The minimum absolute atomic E-state index is 0. The summed E-state index contributed by atoms with van der Waals surface area (Å²) < 4.78 is 0. The van der Waals surface area contributed by atoms with E-state index in [1.165, 1.54) is 0 Å². The molecular weight excluding hydrogens is 204 g/mol. The van der Waals surface area contributed by atoms with Crippen LogP contribution >= 0.6 is 12.4 Å². The molecule has 0 spiro atoms. The van der Waals surface area contributed by atoms with Gasteiger partial charge in [-0.3, -0.25) is 14.4 Å². The van der Waals surface area contributed by atoms with E-state index in [2.05, 4.69) is 0 Å². The van der Waals surface area contributed by atoms with Crippen LogP contribution in [0.15, 0.2) is 0 Å². The summed E-state index contributed by atoms with van der Waals surface area (Å²) in [5, 5.41) is 23.2. The zero-order valence-electron chi connectivity index (χ0n) is 6.89. The fourth-order valence-corrected chi connectivity index (χ4v) is 0.214. The SMILES string of the molecule is CC(=O)O.Cl.O=C(O)CCC(=O)O. The van der Waals surface area contributed by atoms with Crippen molar-refractivity contribution in [2.24, 2.45) is 0 Å². The first kappa shape index (κ1) is 17.7. The van der Waals surface area contributed by atoms with Crippen molar-refractivity contribution >= 4 is 30.3 Å². The molecule has 0 rings (SSSR count). The molecule has 0 aliphatic rings. The first-order chi connectivity index (χ1) is 5.36. The van der Waals surface area contributed by atoms with Gasteiger partial charge >= 0.3 is 11.9 Å². The molecule has 0 aliphatic carbocycles. The lowest BCUT2D eigenvalue weighted by atomic mass is 10.3. The highest BCUT2D eigenvalue weighted by Gasteiger charge is 2.00. The van der Waals surface area contributed by atoms with Gasteiger partial charge in [0.25, 0.3) is 5.97 Å². The first-order valence-electron chi connectivity index (χ1n) is 2.99. The molecule has 0 aromatic rings. The van der Waals surface area contributed by atoms with Crippen LogP contribution in [-0.4, -0.2) is 33.2 Å². The van der Waals surface area contributed by atoms with Crippen molar-refractivity contribution in [2.45, 2.75) is 19.8 Å². The van der Waals surface area contributed by atoms with Gasteiger partial charge in [-0.15, -0.1) is 12.4 Å². The van der Waals surface area contributed by atoms with Gasteiger partial charge in [0.2, 0.25) is 0 Å². The Kier molecular flexibility index (Phi) is 14.6. The van der Waals surface area contributed by atoms with E-state index in [0.29, 0.717) is 0 Å². The second kappa shape index (κ2) is 10.7. The van der Waals surface area contributed by atoms with Crippen LogP contribution in [0, 0.1) is 0 Å². The van der Waals surface area contributed by atoms with Gasteiger partial charge in [-0.05, 0) is 0 Å². The van der Waals surface area contributed by atoms with E-state index >= 15 is 0 Å². The minimum atomic E-state index is -1.08. The summed E-state index contributed by atoms with van der Waals surface area (Å²) >= 11 is 0. The molecule has 13 heavy (non-hydrogen) atoms. The monoisotopic (exact) mass is 214 g/mol. The summed E-state index contributed by atoms with van der Waals surface area (Å²) in [4.78, 5) is 28.3. The van der Waals surface area contributed by atoms with Gasteiger partial charge in [0, 0.05) is 6.92 Å². The maximum Gasteiger partial charge on any atom is 0.303 e. The van der Waals surface area contributed by atoms with Gasteiger partial charge in [-0.2, -0.15) is 0 Å². The number of hydrogen-bond acceptors (Lipinski definition) is 3. The molecule has 7 heteroatoms. The van der Waals surface area contributed by atoms with Gasteiger partial charge in [0.05, 0.1) is 12.8 Å². The molecular formula is C6H11ClO6. The van der Waals surface area contributed by atoms with Crippen LogP contribution in [0.3, 0.4) is 0 Å². The van der Waals surface area contributed by atoms with Gasteiger partial charge in [0.15, 0.2) is 0 Å². The van der Waals surface area contributed by atoms with E-state index in [4.69, 9.17) is 20.1 Å². The maximum absolute atomic E-state index is 9.64. The Balaban J connectivity index is -0.000000173. The number of halogens is 1. The van der Waals surface area contributed by atoms with Crippen molar-refractivity contribution < 1.29 is 29.7 Å². The molecule has 0 atom stereocenters. The Labute approximate surface area is 80.6 Å². The largest absolute Gasteiger partial charge is 0.481 e. The fourth-order valence-electron chi connectivity index (χ4n) is 0.214. The molecule has 0 aliphatic heterocycles. The summed E-state index contributed by atoms with van der Waals surface area (Å²) in [5.41, 5.74) is 0. The highest BCUT2D eigenvalue weighted by Crippen LogP contribution is 1.86.